The van der Waals surface area contributed by atoms with E-state index in [-0.39, 0.29) is 0 Å². The predicted molar refractivity (Wildman–Crippen MR) is 84.9 cm³/mol. The van der Waals surface area contributed by atoms with Crippen molar-refractivity contribution in [1.29, 1.82) is 5.26 Å². The average molecular weight is 294 g/mol. The summed E-state index contributed by atoms with van der Waals surface area (Å²) in [7, 11) is 0. The molecule has 6 nitrogen and oxygen atoms in total. The summed E-state index contributed by atoms with van der Waals surface area (Å²) < 4.78 is 0. The lowest BCUT2D eigenvalue weighted by Gasteiger charge is -2.30. The normalized spacial score (nSPS) is 15.4. The van der Waals surface area contributed by atoms with E-state index in [0.29, 0.717) is 11.5 Å². The topological polar surface area (TPSA) is 77.7 Å². The van der Waals surface area contributed by atoms with Crippen LogP contribution in [0.4, 0.5) is 17.5 Å². The van der Waals surface area contributed by atoms with Crippen LogP contribution in [0.5, 0.6) is 0 Å². The van der Waals surface area contributed by atoms with Gasteiger partial charge in [0.05, 0.1) is 17.8 Å². The number of benzene rings is 1. The van der Waals surface area contributed by atoms with Gasteiger partial charge in [0.1, 0.15) is 0 Å². The maximum atomic E-state index is 8.81. The number of hydrogen-bond donors (Lipinski definition) is 1. The van der Waals surface area contributed by atoms with Crippen molar-refractivity contribution >= 4 is 17.5 Å². The zero-order valence-electron chi connectivity index (χ0n) is 12.5. The number of aromatic nitrogens is 3. The zero-order chi connectivity index (χ0) is 15.4. The van der Waals surface area contributed by atoms with Crippen molar-refractivity contribution in [3.63, 3.8) is 0 Å². The van der Waals surface area contributed by atoms with Crippen LogP contribution in [0.3, 0.4) is 0 Å². The molecule has 1 N–H and O–H groups in total. The van der Waals surface area contributed by atoms with E-state index in [1.807, 2.05) is 12.1 Å². The standard InChI is InChI=1S/C16H18N6/c1-12-6-8-22(9-7-12)15-11-18-21-16(20-15)19-14-4-2-13(10-17)3-5-14/h2-5,11-12H,6-9H2,1H3,(H,19,20,21). The van der Waals surface area contributed by atoms with Gasteiger partial charge in [0.2, 0.25) is 5.95 Å². The van der Waals surface area contributed by atoms with Crippen LogP contribution < -0.4 is 10.2 Å². The van der Waals surface area contributed by atoms with E-state index in [4.69, 9.17) is 5.26 Å². The van der Waals surface area contributed by atoms with Crippen LogP contribution in [-0.4, -0.2) is 28.3 Å². The number of nitrogens with zero attached hydrogens (tertiary/aromatic N) is 5. The second kappa shape index (κ2) is 6.39. The summed E-state index contributed by atoms with van der Waals surface area (Å²) in [6, 6.07) is 9.27. The van der Waals surface area contributed by atoms with Crippen LogP contribution in [0.25, 0.3) is 0 Å². The van der Waals surface area contributed by atoms with Crippen LogP contribution in [0.1, 0.15) is 25.3 Å². The van der Waals surface area contributed by atoms with Crippen molar-refractivity contribution in [3.05, 3.63) is 36.0 Å². The summed E-state index contributed by atoms with van der Waals surface area (Å²) in [5, 5.41) is 20.0. The molecule has 0 amide bonds. The van der Waals surface area contributed by atoms with Gasteiger partial charge in [-0.15, -0.1) is 5.10 Å². The summed E-state index contributed by atoms with van der Waals surface area (Å²) >= 11 is 0. The van der Waals surface area contributed by atoms with Gasteiger partial charge in [0.25, 0.3) is 0 Å². The third-order valence-corrected chi connectivity index (χ3v) is 3.92. The molecule has 0 aliphatic carbocycles. The SMILES string of the molecule is CC1CCN(c2cnnc(Nc3ccc(C#N)cc3)n2)CC1. The molecule has 0 saturated carbocycles. The van der Waals surface area contributed by atoms with Gasteiger partial charge >= 0.3 is 0 Å². The van der Waals surface area contributed by atoms with Gasteiger partial charge in [-0.1, -0.05) is 6.92 Å². The summed E-state index contributed by atoms with van der Waals surface area (Å²) in [6.45, 7) is 4.31. The van der Waals surface area contributed by atoms with Gasteiger partial charge in [-0.2, -0.15) is 15.3 Å². The summed E-state index contributed by atoms with van der Waals surface area (Å²) in [5.41, 5.74) is 1.46. The van der Waals surface area contributed by atoms with Crippen molar-refractivity contribution in [3.8, 4) is 6.07 Å². The molecule has 3 rings (SSSR count). The van der Waals surface area contributed by atoms with Gasteiger partial charge in [-0.25, -0.2) is 0 Å². The minimum atomic E-state index is 0.473. The maximum absolute atomic E-state index is 8.81. The van der Waals surface area contributed by atoms with E-state index in [0.717, 1.165) is 30.5 Å². The number of piperidine rings is 1. The molecule has 112 valence electrons. The lowest BCUT2D eigenvalue weighted by Crippen LogP contribution is -2.33. The van der Waals surface area contributed by atoms with Gasteiger partial charge in [0, 0.05) is 18.8 Å². The summed E-state index contributed by atoms with van der Waals surface area (Å²) in [6.07, 6.45) is 4.07. The van der Waals surface area contributed by atoms with Crippen molar-refractivity contribution < 1.29 is 0 Å². The number of rotatable bonds is 3. The van der Waals surface area contributed by atoms with Gasteiger partial charge < -0.3 is 10.2 Å². The maximum Gasteiger partial charge on any atom is 0.249 e. The first-order valence-electron chi connectivity index (χ1n) is 7.46. The molecular weight excluding hydrogens is 276 g/mol. The lowest BCUT2D eigenvalue weighted by molar-refractivity contribution is 0.436. The Morgan fingerprint density at radius 3 is 2.64 bits per heavy atom. The first kappa shape index (κ1) is 14.3. The summed E-state index contributed by atoms with van der Waals surface area (Å²) in [5.74, 6) is 2.11. The molecule has 0 radical (unpaired) electrons. The number of hydrogen-bond acceptors (Lipinski definition) is 6. The summed E-state index contributed by atoms with van der Waals surface area (Å²) in [4.78, 5) is 6.78. The van der Waals surface area contributed by atoms with Crippen LogP contribution in [-0.2, 0) is 0 Å². The lowest BCUT2D eigenvalue weighted by atomic mass is 9.99. The molecule has 1 saturated heterocycles. The predicted octanol–water partition coefficient (Wildman–Crippen LogP) is 2.72. The molecule has 2 heterocycles. The molecule has 6 heteroatoms. The fraction of sp³-hybridized carbons (Fsp3) is 0.375. The number of nitriles is 1. The minimum Gasteiger partial charge on any atom is -0.355 e. The number of nitrogens with one attached hydrogen (secondary N) is 1. The highest BCUT2D eigenvalue weighted by atomic mass is 15.3. The van der Waals surface area contributed by atoms with Crippen LogP contribution in [0.15, 0.2) is 30.5 Å². The number of anilines is 3. The molecule has 0 unspecified atom stereocenters. The van der Waals surface area contributed by atoms with Crippen molar-refractivity contribution in [2.75, 3.05) is 23.3 Å². The Morgan fingerprint density at radius 2 is 1.95 bits per heavy atom. The Labute approximate surface area is 129 Å². The fourth-order valence-electron chi connectivity index (χ4n) is 2.50. The molecule has 1 aliphatic heterocycles. The minimum absolute atomic E-state index is 0.473. The smallest absolute Gasteiger partial charge is 0.249 e. The van der Waals surface area contributed by atoms with Crippen LogP contribution >= 0.6 is 0 Å². The Bertz CT molecular complexity index is 668. The molecule has 1 aromatic heterocycles. The highest BCUT2D eigenvalue weighted by Gasteiger charge is 2.17. The first-order valence-corrected chi connectivity index (χ1v) is 7.46. The van der Waals surface area contributed by atoms with Gasteiger partial charge in [-0.3, -0.25) is 0 Å². The molecule has 22 heavy (non-hydrogen) atoms. The second-order valence-electron chi connectivity index (χ2n) is 5.62. The molecule has 0 bridgehead atoms. The third kappa shape index (κ3) is 3.31. The van der Waals surface area contributed by atoms with Crippen LogP contribution in [0.2, 0.25) is 0 Å². The van der Waals surface area contributed by atoms with E-state index >= 15 is 0 Å². The highest BCUT2D eigenvalue weighted by molar-refractivity contribution is 5.55. The van der Waals surface area contributed by atoms with E-state index in [9.17, 15) is 0 Å². The fourth-order valence-corrected chi connectivity index (χ4v) is 2.50. The Balaban J connectivity index is 1.72. The van der Waals surface area contributed by atoms with Crippen molar-refractivity contribution in [2.45, 2.75) is 19.8 Å². The first-order chi connectivity index (χ1) is 10.7. The molecule has 0 spiro atoms. The molecule has 2 aromatic rings. The molecule has 1 aliphatic rings. The quantitative estimate of drug-likeness (QED) is 0.937. The second-order valence-corrected chi connectivity index (χ2v) is 5.62. The van der Waals surface area contributed by atoms with E-state index in [2.05, 4.69) is 38.4 Å². The Morgan fingerprint density at radius 1 is 1.23 bits per heavy atom. The van der Waals surface area contributed by atoms with E-state index < -0.39 is 0 Å². The van der Waals surface area contributed by atoms with Crippen LogP contribution in [0, 0.1) is 17.2 Å². The average Bonchev–Trinajstić information content (AvgIpc) is 2.56. The Hall–Kier alpha value is -2.68. The van der Waals surface area contributed by atoms with E-state index in [1.54, 1.807) is 18.3 Å². The van der Waals surface area contributed by atoms with Gasteiger partial charge in [0.15, 0.2) is 5.82 Å². The van der Waals surface area contributed by atoms with E-state index in [1.165, 1.54) is 12.8 Å². The van der Waals surface area contributed by atoms with Crippen molar-refractivity contribution in [2.24, 2.45) is 5.92 Å². The molecule has 1 aromatic carbocycles. The molecule has 0 atom stereocenters. The highest BCUT2D eigenvalue weighted by Crippen LogP contribution is 2.22. The third-order valence-electron chi connectivity index (χ3n) is 3.92. The molecular formula is C16H18N6. The van der Waals surface area contributed by atoms with Gasteiger partial charge in [-0.05, 0) is 43.0 Å². The monoisotopic (exact) mass is 294 g/mol. The molecule has 1 fully saturated rings. The zero-order valence-corrected chi connectivity index (χ0v) is 12.5. The largest absolute Gasteiger partial charge is 0.355 e. The Kier molecular flexibility index (Phi) is 4.15. The van der Waals surface area contributed by atoms with Crippen molar-refractivity contribution in [1.82, 2.24) is 15.2 Å².